The van der Waals surface area contributed by atoms with Gasteiger partial charge in [0.2, 0.25) is 5.91 Å². The molecule has 0 aliphatic carbocycles. The van der Waals surface area contributed by atoms with Crippen LogP contribution in [0.3, 0.4) is 0 Å². The van der Waals surface area contributed by atoms with Crippen molar-refractivity contribution in [2.24, 2.45) is 0 Å². The molecule has 0 bridgehead atoms. The Morgan fingerprint density at radius 3 is 2.67 bits per heavy atom. The summed E-state index contributed by atoms with van der Waals surface area (Å²) in [4.78, 5) is 18.0. The van der Waals surface area contributed by atoms with Gasteiger partial charge in [0.25, 0.3) is 0 Å². The molecule has 124 valence electrons. The molecule has 24 heavy (non-hydrogen) atoms. The van der Waals surface area contributed by atoms with Gasteiger partial charge in [-0.15, -0.1) is 12.6 Å². The summed E-state index contributed by atoms with van der Waals surface area (Å²) in [5.74, 6) is -0.254. The fourth-order valence-electron chi connectivity index (χ4n) is 2.54. The van der Waals surface area contributed by atoms with Crippen LogP contribution in [0, 0.1) is 12.7 Å². The molecule has 0 radical (unpaired) electrons. The molecule has 0 fully saturated rings. The van der Waals surface area contributed by atoms with Crippen LogP contribution in [0.25, 0.3) is 22.2 Å². The summed E-state index contributed by atoms with van der Waals surface area (Å²) in [6.07, 6.45) is 1.75. The quantitative estimate of drug-likeness (QED) is 0.739. The fraction of sp³-hybridized carbons (Fsp3) is 0.222. The predicted molar refractivity (Wildman–Crippen MR) is 95.8 cm³/mol. The number of rotatable bonds is 3. The Morgan fingerprint density at radius 1 is 1.25 bits per heavy atom. The molecule has 3 aromatic rings. The average molecular weight is 343 g/mol. The number of thiol groups is 1. The van der Waals surface area contributed by atoms with Gasteiger partial charge < -0.3 is 9.47 Å². The van der Waals surface area contributed by atoms with Crippen LogP contribution in [0.15, 0.2) is 41.6 Å². The van der Waals surface area contributed by atoms with Crippen LogP contribution in [0.2, 0.25) is 0 Å². The van der Waals surface area contributed by atoms with Gasteiger partial charge in [-0.05, 0) is 42.3 Å². The molecule has 0 N–H and O–H groups in total. The van der Waals surface area contributed by atoms with E-state index in [-0.39, 0.29) is 18.3 Å². The number of fused-ring (bicyclic) bond motifs is 1. The minimum Gasteiger partial charge on any atom is -0.347 e. The Kier molecular flexibility index (Phi) is 4.32. The van der Waals surface area contributed by atoms with E-state index in [2.05, 4.69) is 17.6 Å². The van der Waals surface area contributed by atoms with Crippen LogP contribution in [-0.2, 0) is 11.3 Å². The molecule has 1 aromatic carbocycles. The second kappa shape index (κ2) is 6.28. The molecule has 0 atom stereocenters. The van der Waals surface area contributed by atoms with Crippen molar-refractivity contribution in [3.8, 4) is 11.1 Å². The van der Waals surface area contributed by atoms with Gasteiger partial charge in [-0.25, -0.2) is 4.39 Å². The zero-order valence-electron chi connectivity index (χ0n) is 13.7. The third-order valence-corrected chi connectivity index (χ3v) is 4.38. The summed E-state index contributed by atoms with van der Waals surface area (Å²) < 4.78 is 15.3. The molecular formula is C18H18FN3OS. The molecular weight excluding hydrogens is 325 g/mol. The Balaban J connectivity index is 2.09. The van der Waals surface area contributed by atoms with Crippen LogP contribution in [-0.4, -0.2) is 34.5 Å². The topological polar surface area (TPSA) is 38.1 Å². The molecule has 0 unspecified atom stereocenters. The fourth-order valence-corrected chi connectivity index (χ4v) is 2.84. The molecule has 0 saturated carbocycles. The number of benzene rings is 1. The van der Waals surface area contributed by atoms with E-state index in [0.29, 0.717) is 10.6 Å². The molecule has 1 amide bonds. The van der Waals surface area contributed by atoms with Crippen molar-refractivity contribution in [2.45, 2.75) is 18.5 Å². The summed E-state index contributed by atoms with van der Waals surface area (Å²) >= 11 is 4.45. The van der Waals surface area contributed by atoms with Crippen LogP contribution in [0.1, 0.15) is 5.56 Å². The van der Waals surface area contributed by atoms with Gasteiger partial charge in [-0.1, -0.05) is 6.07 Å². The Morgan fingerprint density at radius 2 is 2.00 bits per heavy atom. The van der Waals surface area contributed by atoms with E-state index in [0.717, 1.165) is 22.2 Å². The Bertz CT molecular complexity index is 933. The van der Waals surface area contributed by atoms with E-state index < -0.39 is 0 Å². The van der Waals surface area contributed by atoms with Gasteiger partial charge in [-0.2, -0.15) is 0 Å². The second-order valence-corrected chi connectivity index (χ2v) is 6.43. The highest BCUT2D eigenvalue weighted by molar-refractivity contribution is 7.80. The smallest absolute Gasteiger partial charge is 0.242 e. The number of carbonyl (C=O) groups excluding carboxylic acids is 1. The van der Waals surface area contributed by atoms with E-state index in [1.807, 2.05) is 16.7 Å². The molecule has 0 aliphatic rings. The number of hydrogen-bond donors (Lipinski definition) is 1. The number of carbonyl (C=O) groups is 1. The lowest BCUT2D eigenvalue weighted by Gasteiger charge is -2.13. The number of pyridine rings is 1. The Hall–Kier alpha value is -2.34. The van der Waals surface area contributed by atoms with Crippen molar-refractivity contribution >= 4 is 29.6 Å². The van der Waals surface area contributed by atoms with Crippen molar-refractivity contribution in [1.29, 1.82) is 0 Å². The third kappa shape index (κ3) is 3.01. The summed E-state index contributed by atoms with van der Waals surface area (Å²) in [7, 11) is 3.44. The van der Waals surface area contributed by atoms with E-state index in [9.17, 15) is 9.18 Å². The third-order valence-electron chi connectivity index (χ3n) is 4.01. The van der Waals surface area contributed by atoms with E-state index >= 15 is 0 Å². The van der Waals surface area contributed by atoms with Crippen molar-refractivity contribution in [1.82, 2.24) is 14.5 Å². The van der Waals surface area contributed by atoms with Gasteiger partial charge in [0, 0.05) is 25.9 Å². The van der Waals surface area contributed by atoms with Crippen LogP contribution in [0.5, 0.6) is 0 Å². The maximum Gasteiger partial charge on any atom is 0.242 e. The van der Waals surface area contributed by atoms with Crippen molar-refractivity contribution in [3.63, 3.8) is 0 Å². The molecule has 6 heteroatoms. The number of hydrogen-bond acceptors (Lipinski definition) is 3. The molecule has 2 aromatic heterocycles. The molecule has 4 nitrogen and oxygen atoms in total. The lowest BCUT2D eigenvalue weighted by molar-refractivity contribution is -0.129. The summed E-state index contributed by atoms with van der Waals surface area (Å²) in [5, 5.41) is 0.681. The number of aromatic nitrogens is 2. The first-order valence-electron chi connectivity index (χ1n) is 7.51. The summed E-state index contributed by atoms with van der Waals surface area (Å²) in [6.45, 7) is 1.93. The lowest BCUT2D eigenvalue weighted by atomic mass is 10.0. The second-order valence-electron chi connectivity index (χ2n) is 5.97. The highest BCUT2D eigenvalue weighted by atomic mass is 32.1. The van der Waals surface area contributed by atoms with E-state index in [1.165, 1.54) is 6.07 Å². The average Bonchev–Trinajstić information content (AvgIpc) is 2.85. The number of halogens is 1. The van der Waals surface area contributed by atoms with E-state index in [1.54, 1.807) is 44.2 Å². The molecule has 2 heterocycles. The Labute approximate surface area is 145 Å². The predicted octanol–water partition coefficient (Wildman–Crippen LogP) is 3.53. The highest BCUT2D eigenvalue weighted by Crippen LogP contribution is 2.27. The number of amides is 1. The zero-order valence-corrected chi connectivity index (χ0v) is 14.6. The minimum absolute atomic E-state index is 0.0224. The van der Waals surface area contributed by atoms with Gasteiger partial charge in [-0.3, -0.25) is 9.78 Å². The monoisotopic (exact) mass is 343 g/mol. The standard InChI is InChI=1S/C18H18FN3OS/c1-11-6-12(4-5-14(11)19)13-7-16-15(20-9-13)8-18(24)22(16)10-17(23)21(2)3/h4-9,24H,10H2,1-3H3. The van der Waals surface area contributed by atoms with Crippen molar-refractivity contribution in [2.75, 3.05) is 14.1 Å². The largest absolute Gasteiger partial charge is 0.347 e. The normalized spacial score (nSPS) is 11.0. The highest BCUT2D eigenvalue weighted by Gasteiger charge is 2.13. The number of likely N-dealkylation sites (N-methyl/N-ethyl adjacent to an activating group) is 1. The first kappa shape index (κ1) is 16.5. The molecule has 0 aliphatic heterocycles. The molecule has 0 spiro atoms. The maximum atomic E-state index is 13.5. The SMILES string of the molecule is Cc1cc(-c2cnc3cc(S)n(CC(=O)N(C)C)c3c2)ccc1F. The molecule has 0 saturated heterocycles. The minimum atomic E-state index is -0.231. The lowest BCUT2D eigenvalue weighted by Crippen LogP contribution is -2.26. The van der Waals surface area contributed by atoms with Crippen molar-refractivity contribution in [3.05, 3.63) is 47.9 Å². The zero-order chi connectivity index (χ0) is 17.4. The van der Waals surface area contributed by atoms with Crippen LogP contribution < -0.4 is 0 Å². The first-order chi connectivity index (χ1) is 11.4. The van der Waals surface area contributed by atoms with Crippen molar-refractivity contribution < 1.29 is 9.18 Å². The molecule has 3 rings (SSSR count). The maximum absolute atomic E-state index is 13.5. The van der Waals surface area contributed by atoms with Gasteiger partial charge in [0.15, 0.2) is 0 Å². The van der Waals surface area contributed by atoms with E-state index in [4.69, 9.17) is 0 Å². The van der Waals surface area contributed by atoms with Gasteiger partial charge in [0.05, 0.1) is 16.1 Å². The summed E-state index contributed by atoms with van der Waals surface area (Å²) in [6, 6.07) is 8.76. The number of aryl methyl sites for hydroxylation is 1. The summed E-state index contributed by atoms with van der Waals surface area (Å²) in [5.41, 5.74) is 3.94. The van der Waals surface area contributed by atoms with Gasteiger partial charge in [0.1, 0.15) is 12.4 Å². The van der Waals surface area contributed by atoms with Gasteiger partial charge >= 0.3 is 0 Å². The first-order valence-corrected chi connectivity index (χ1v) is 7.96. The number of nitrogens with zero attached hydrogens (tertiary/aromatic N) is 3. The van der Waals surface area contributed by atoms with Crippen LogP contribution >= 0.6 is 12.6 Å². The van der Waals surface area contributed by atoms with Crippen LogP contribution in [0.4, 0.5) is 4.39 Å².